The van der Waals surface area contributed by atoms with Crippen molar-refractivity contribution in [2.75, 3.05) is 6.54 Å². The zero-order valence-corrected chi connectivity index (χ0v) is 25.3. The van der Waals surface area contributed by atoms with Crippen molar-refractivity contribution in [1.29, 1.82) is 5.41 Å². The summed E-state index contributed by atoms with van der Waals surface area (Å²) in [4.78, 5) is 43.2. The molecule has 1 aliphatic heterocycles. The summed E-state index contributed by atoms with van der Waals surface area (Å²) in [6.45, 7) is 2.78. The number of carboxylic acid groups (broad SMARTS) is 2. The SMILES string of the molecule is CC(NC(=O)[C@H]1C[C@@H](c2ccc3ccccc3c2)CCN1)C(=O)NCc1ccc(C(=N)N)cc1.O=C(O)C(F)(F)F.O=C(O)C(F)(F)F. The lowest BCUT2D eigenvalue weighted by molar-refractivity contribution is -0.193. The molecule has 0 aromatic heterocycles. The zero-order valence-electron chi connectivity index (χ0n) is 25.3. The van der Waals surface area contributed by atoms with E-state index in [4.69, 9.17) is 30.9 Å². The van der Waals surface area contributed by atoms with Gasteiger partial charge in [0.2, 0.25) is 11.8 Å². The van der Waals surface area contributed by atoms with Gasteiger partial charge in [-0.25, -0.2) is 9.59 Å². The van der Waals surface area contributed by atoms with Crippen molar-refractivity contribution in [3.8, 4) is 0 Å². The fraction of sp³-hybridized carbons (Fsp3) is 0.323. The van der Waals surface area contributed by atoms with Crippen LogP contribution in [0.15, 0.2) is 66.7 Å². The van der Waals surface area contributed by atoms with Gasteiger partial charge in [0.25, 0.3) is 0 Å². The molecule has 3 atom stereocenters. The lowest BCUT2D eigenvalue weighted by Gasteiger charge is -2.30. The van der Waals surface area contributed by atoms with E-state index in [1.165, 1.54) is 16.3 Å². The lowest BCUT2D eigenvalue weighted by atomic mass is 9.85. The molecule has 260 valence electrons. The van der Waals surface area contributed by atoms with Crippen LogP contribution < -0.4 is 21.7 Å². The number of carbonyl (C=O) groups is 4. The number of amides is 2. The number of piperidine rings is 1. The first-order valence-electron chi connectivity index (χ1n) is 14.1. The number of carboxylic acids is 2. The summed E-state index contributed by atoms with van der Waals surface area (Å²) in [5.74, 6) is -5.61. The Balaban J connectivity index is 0.000000479. The number of carbonyl (C=O) groups excluding carboxylic acids is 2. The summed E-state index contributed by atoms with van der Waals surface area (Å²) in [5, 5.41) is 33.1. The number of hydrogen-bond donors (Lipinski definition) is 7. The second-order valence-corrected chi connectivity index (χ2v) is 10.5. The molecule has 0 aliphatic carbocycles. The molecule has 0 saturated carbocycles. The second kappa shape index (κ2) is 17.1. The van der Waals surface area contributed by atoms with Crippen LogP contribution in [-0.2, 0) is 25.7 Å². The molecular weight excluding hydrogens is 652 g/mol. The predicted molar refractivity (Wildman–Crippen MR) is 162 cm³/mol. The van der Waals surface area contributed by atoms with Crippen LogP contribution in [0.5, 0.6) is 0 Å². The normalized spacial score (nSPS) is 16.6. The van der Waals surface area contributed by atoms with Crippen LogP contribution in [0.4, 0.5) is 26.3 Å². The Hall–Kier alpha value is -5.19. The highest BCUT2D eigenvalue weighted by Crippen LogP contribution is 2.30. The van der Waals surface area contributed by atoms with Gasteiger partial charge in [-0.1, -0.05) is 66.7 Å². The second-order valence-electron chi connectivity index (χ2n) is 10.5. The molecule has 3 aromatic carbocycles. The molecule has 0 radical (unpaired) electrons. The summed E-state index contributed by atoms with van der Waals surface area (Å²) >= 11 is 0. The maximum absolute atomic E-state index is 12.9. The maximum Gasteiger partial charge on any atom is 0.490 e. The van der Waals surface area contributed by atoms with Gasteiger partial charge < -0.3 is 31.9 Å². The van der Waals surface area contributed by atoms with E-state index in [2.05, 4.69) is 46.3 Å². The van der Waals surface area contributed by atoms with Crippen LogP contribution in [0.1, 0.15) is 42.4 Å². The van der Waals surface area contributed by atoms with E-state index >= 15 is 0 Å². The minimum absolute atomic E-state index is 0.00565. The number of nitrogen functional groups attached to an aromatic ring is 1. The highest BCUT2D eigenvalue weighted by Gasteiger charge is 2.39. The molecule has 11 nitrogen and oxygen atoms in total. The van der Waals surface area contributed by atoms with Crippen molar-refractivity contribution in [3.63, 3.8) is 0 Å². The monoisotopic (exact) mass is 685 g/mol. The van der Waals surface area contributed by atoms with Crippen LogP contribution in [-0.4, -0.2) is 70.8 Å². The van der Waals surface area contributed by atoms with Crippen molar-refractivity contribution in [2.24, 2.45) is 5.73 Å². The minimum atomic E-state index is -5.08. The van der Waals surface area contributed by atoms with Crippen LogP contribution in [0.25, 0.3) is 10.8 Å². The van der Waals surface area contributed by atoms with Crippen molar-refractivity contribution in [2.45, 2.75) is 56.7 Å². The van der Waals surface area contributed by atoms with E-state index in [0.29, 0.717) is 24.4 Å². The minimum Gasteiger partial charge on any atom is -0.475 e. The third kappa shape index (κ3) is 12.5. The first kappa shape index (κ1) is 39.0. The van der Waals surface area contributed by atoms with E-state index in [-0.39, 0.29) is 23.7 Å². The number of nitrogens with one attached hydrogen (secondary N) is 4. The topological polar surface area (TPSA) is 195 Å². The summed E-state index contributed by atoms with van der Waals surface area (Å²) in [5.41, 5.74) is 8.24. The van der Waals surface area contributed by atoms with E-state index < -0.39 is 30.3 Å². The molecule has 1 saturated heterocycles. The number of benzene rings is 3. The Labute approximate surface area is 270 Å². The largest absolute Gasteiger partial charge is 0.490 e. The van der Waals surface area contributed by atoms with Gasteiger partial charge in [0.1, 0.15) is 11.9 Å². The Kier molecular flexibility index (Phi) is 13.9. The van der Waals surface area contributed by atoms with E-state index in [9.17, 15) is 35.9 Å². The average molecular weight is 686 g/mol. The summed E-state index contributed by atoms with van der Waals surface area (Å²) in [6, 6.07) is 21.0. The number of rotatable bonds is 7. The maximum atomic E-state index is 12.9. The highest BCUT2D eigenvalue weighted by atomic mass is 19.4. The van der Waals surface area contributed by atoms with Gasteiger partial charge in [-0.3, -0.25) is 15.0 Å². The van der Waals surface area contributed by atoms with Crippen molar-refractivity contribution in [1.82, 2.24) is 16.0 Å². The number of hydrogen-bond acceptors (Lipinski definition) is 6. The molecule has 4 rings (SSSR count). The van der Waals surface area contributed by atoms with Crippen LogP contribution in [0.3, 0.4) is 0 Å². The number of fused-ring (bicyclic) bond motifs is 1. The quantitative estimate of drug-likeness (QED) is 0.110. The smallest absolute Gasteiger partial charge is 0.475 e. The Bertz CT molecular complexity index is 1570. The van der Waals surface area contributed by atoms with Gasteiger partial charge in [0.15, 0.2) is 0 Å². The summed E-state index contributed by atoms with van der Waals surface area (Å²) < 4.78 is 63.5. The lowest BCUT2D eigenvalue weighted by Crippen LogP contribution is -2.53. The molecule has 1 heterocycles. The van der Waals surface area contributed by atoms with Gasteiger partial charge >= 0.3 is 24.3 Å². The van der Waals surface area contributed by atoms with E-state index in [1.54, 1.807) is 19.1 Å². The van der Waals surface area contributed by atoms with Gasteiger partial charge in [0, 0.05) is 12.1 Å². The van der Waals surface area contributed by atoms with Crippen LogP contribution in [0, 0.1) is 5.41 Å². The third-order valence-electron chi connectivity index (χ3n) is 6.93. The Morgan fingerprint density at radius 2 is 1.46 bits per heavy atom. The third-order valence-corrected chi connectivity index (χ3v) is 6.93. The number of halogens is 6. The van der Waals surface area contributed by atoms with Gasteiger partial charge in [-0.05, 0) is 54.1 Å². The van der Waals surface area contributed by atoms with Gasteiger partial charge in [-0.2, -0.15) is 26.3 Å². The number of aliphatic carboxylic acids is 2. The molecule has 0 spiro atoms. The van der Waals surface area contributed by atoms with E-state index in [1.807, 2.05) is 24.3 Å². The zero-order chi connectivity index (χ0) is 36.2. The highest BCUT2D eigenvalue weighted by molar-refractivity contribution is 5.95. The molecule has 48 heavy (non-hydrogen) atoms. The van der Waals surface area contributed by atoms with Crippen LogP contribution >= 0.6 is 0 Å². The Morgan fingerprint density at radius 1 is 0.917 bits per heavy atom. The number of alkyl halides is 6. The average Bonchev–Trinajstić information content (AvgIpc) is 3.03. The van der Waals surface area contributed by atoms with Crippen molar-refractivity contribution < 1.29 is 55.7 Å². The molecular formula is C31H33F6N5O6. The molecule has 2 amide bonds. The summed E-state index contributed by atoms with van der Waals surface area (Å²) in [6.07, 6.45) is -8.50. The molecule has 1 aliphatic rings. The van der Waals surface area contributed by atoms with E-state index in [0.717, 1.165) is 18.5 Å². The molecule has 1 fully saturated rings. The van der Waals surface area contributed by atoms with Crippen molar-refractivity contribution >= 4 is 40.4 Å². The standard InChI is InChI=1S/C27H31N5O2.2C2HF3O2/c1-17(26(33)31-16-18-6-8-20(9-7-18)25(28)29)32-27(34)24-15-23(12-13-30-24)22-11-10-19-4-2-3-5-21(19)14-22;2*3-2(4,5)1(6)7/h2-11,14,17,23-24,30H,12-13,15-16H2,1H3,(H3,28,29)(H,31,33)(H,32,34);2*(H,6,7)/t17?,23-,24+;;/m0../s1. The first-order valence-corrected chi connectivity index (χ1v) is 14.1. The predicted octanol–water partition coefficient (Wildman–Crippen LogP) is 4.05. The molecule has 3 aromatic rings. The van der Waals surface area contributed by atoms with Gasteiger partial charge in [-0.15, -0.1) is 0 Å². The fourth-order valence-electron chi connectivity index (χ4n) is 4.41. The van der Waals surface area contributed by atoms with Crippen LogP contribution in [0.2, 0.25) is 0 Å². The van der Waals surface area contributed by atoms with Crippen molar-refractivity contribution in [3.05, 3.63) is 83.4 Å². The number of amidine groups is 1. The molecule has 0 bridgehead atoms. The molecule has 17 heteroatoms. The Morgan fingerprint density at radius 3 is 1.98 bits per heavy atom. The summed E-state index contributed by atoms with van der Waals surface area (Å²) in [7, 11) is 0. The number of nitrogens with two attached hydrogens (primary N) is 1. The first-order chi connectivity index (χ1) is 22.3. The molecule has 8 N–H and O–H groups in total. The molecule has 1 unspecified atom stereocenters. The van der Waals surface area contributed by atoms with Gasteiger partial charge in [0.05, 0.1) is 6.04 Å². The fourth-order valence-corrected chi connectivity index (χ4v) is 4.41.